The molecular weight excluding hydrogens is 472 g/mol. The molecule has 7 heteroatoms. The van der Waals surface area contributed by atoms with Gasteiger partial charge < -0.3 is 0 Å². The molecule has 0 heterocycles. The first-order valence-electron chi connectivity index (χ1n) is 10.3. The van der Waals surface area contributed by atoms with Crippen molar-refractivity contribution < 1.29 is 29.6 Å². The molecule has 4 aromatic rings. The van der Waals surface area contributed by atoms with Crippen molar-refractivity contribution in [3.05, 3.63) is 125 Å². The Bertz CT molecular complexity index is 1420. The summed E-state index contributed by atoms with van der Waals surface area (Å²) in [5.74, 6) is 0. The van der Waals surface area contributed by atoms with Crippen molar-refractivity contribution in [1.82, 2.24) is 0 Å². The largest absolute Gasteiger partial charge is 1.00 e. The minimum absolute atomic E-state index is 0. The van der Waals surface area contributed by atoms with E-state index in [-0.39, 0.29) is 57.4 Å². The Morgan fingerprint density at radius 3 is 1.08 bits per heavy atom. The van der Waals surface area contributed by atoms with Gasteiger partial charge in [-0.05, 0) is 18.5 Å². The van der Waals surface area contributed by atoms with Crippen molar-refractivity contribution in [2.24, 2.45) is 0 Å². The summed E-state index contributed by atoms with van der Waals surface area (Å²) < 4.78 is 0. The molecule has 0 N–H and O–H groups in total. The first-order valence-corrected chi connectivity index (χ1v) is 11.6. The van der Waals surface area contributed by atoms with E-state index in [0.717, 1.165) is 10.6 Å². The summed E-state index contributed by atoms with van der Waals surface area (Å²) in [4.78, 5) is 0. The number of nitriles is 5. The minimum atomic E-state index is -1.42. The van der Waals surface area contributed by atoms with Gasteiger partial charge in [0.1, 0.15) is 30.3 Å². The van der Waals surface area contributed by atoms with Crippen LogP contribution in [0.1, 0.15) is 27.8 Å². The standard InChI is InChI=1S/C23H10N5P.C6H5.Na/c24-11-18-19(12-25)21(14-27)23(22(15-28)20(18)13-26)29(16-7-3-1-4-8-16)17-9-5-2-6-10-17;1-2-4-6-5-3-1;/h1-10H;1-5H;/q;-1;+1. The molecular formula is C29H15N5NaP. The maximum atomic E-state index is 9.88. The molecule has 0 aliphatic rings. The van der Waals surface area contributed by atoms with Crippen LogP contribution in [0, 0.1) is 62.7 Å². The van der Waals surface area contributed by atoms with Crippen LogP contribution >= 0.6 is 7.92 Å². The molecule has 0 spiro atoms. The Kier molecular flexibility index (Phi) is 11.1. The Hall–Kier alpha value is -4.24. The molecule has 0 aliphatic carbocycles. The quantitative estimate of drug-likeness (QED) is 0.245. The minimum Gasteiger partial charge on any atom is -0.192 e. The summed E-state index contributed by atoms with van der Waals surface area (Å²) in [6.45, 7) is 0. The van der Waals surface area contributed by atoms with E-state index in [1.54, 1.807) is 0 Å². The molecule has 0 aliphatic heterocycles. The van der Waals surface area contributed by atoms with Crippen molar-refractivity contribution in [3.63, 3.8) is 0 Å². The average molecular weight is 487 g/mol. The fraction of sp³-hybridized carbons (Fsp3) is 0. The number of nitrogens with zero attached hydrogens (tertiary/aromatic N) is 5. The van der Waals surface area contributed by atoms with Gasteiger partial charge in [0.25, 0.3) is 0 Å². The zero-order valence-corrected chi connectivity index (χ0v) is 22.2. The fourth-order valence-electron chi connectivity index (χ4n) is 3.42. The average Bonchev–Trinajstić information content (AvgIpc) is 2.94. The van der Waals surface area contributed by atoms with Crippen LogP contribution in [0.2, 0.25) is 0 Å². The maximum absolute atomic E-state index is 9.88. The summed E-state index contributed by atoms with van der Waals surface area (Å²) in [5, 5.41) is 50.6. The Morgan fingerprint density at radius 1 is 0.472 bits per heavy atom. The van der Waals surface area contributed by atoms with E-state index in [1.807, 2.05) is 121 Å². The molecule has 0 fully saturated rings. The van der Waals surface area contributed by atoms with Gasteiger partial charge >= 0.3 is 29.6 Å². The Labute approximate surface area is 233 Å². The van der Waals surface area contributed by atoms with Gasteiger partial charge in [-0.3, -0.25) is 0 Å². The SMILES string of the molecule is N#Cc1c(C#N)c(C#N)c(P(c2ccccc2)c2ccccc2)c(C#N)c1C#N.[Na+].[c-]1ccccc1. The molecule has 5 nitrogen and oxygen atoms in total. The van der Waals surface area contributed by atoms with Gasteiger partial charge in [-0.25, -0.2) is 0 Å². The van der Waals surface area contributed by atoms with Crippen LogP contribution in [0.25, 0.3) is 0 Å². The first kappa shape index (κ1) is 28.0. The predicted molar refractivity (Wildman–Crippen MR) is 134 cm³/mol. The number of rotatable bonds is 3. The van der Waals surface area contributed by atoms with E-state index in [2.05, 4.69) is 6.07 Å². The third kappa shape index (κ3) is 6.05. The van der Waals surface area contributed by atoms with Gasteiger partial charge in [-0.15, -0.1) is 0 Å². The Balaban J connectivity index is 0.000000571. The van der Waals surface area contributed by atoms with Gasteiger partial charge in [-0.1, -0.05) is 60.7 Å². The first-order chi connectivity index (χ1) is 17.2. The summed E-state index contributed by atoms with van der Waals surface area (Å²) in [6.07, 6.45) is 0. The van der Waals surface area contributed by atoms with Crippen LogP contribution in [0.15, 0.2) is 91.0 Å². The second-order valence-corrected chi connectivity index (χ2v) is 9.02. The zero-order valence-electron chi connectivity index (χ0n) is 19.3. The Morgan fingerprint density at radius 2 is 0.806 bits per heavy atom. The third-order valence-corrected chi connectivity index (χ3v) is 7.42. The smallest absolute Gasteiger partial charge is 0.192 e. The van der Waals surface area contributed by atoms with Crippen LogP contribution < -0.4 is 45.5 Å². The zero-order chi connectivity index (χ0) is 25.0. The van der Waals surface area contributed by atoms with E-state index >= 15 is 0 Å². The van der Waals surface area contributed by atoms with E-state index in [0.29, 0.717) is 5.30 Å². The molecule has 0 saturated heterocycles. The molecule has 0 saturated carbocycles. The predicted octanol–water partition coefficient (Wildman–Crippen LogP) is 1.29. The van der Waals surface area contributed by atoms with Crippen molar-refractivity contribution in [3.8, 4) is 30.3 Å². The second kappa shape index (κ2) is 14.2. The topological polar surface area (TPSA) is 119 Å². The molecule has 0 unspecified atom stereocenters. The number of benzene rings is 4. The van der Waals surface area contributed by atoms with Crippen molar-refractivity contribution in [1.29, 1.82) is 26.3 Å². The number of hydrogen-bond donors (Lipinski definition) is 0. The van der Waals surface area contributed by atoms with Crippen molar-refractivity contribution in [2.75, 3.05) is 0 Å². The maximum Gasteiger partial charge on any atom is 1.00 e. The molecule has 36 heavy (non-hydrogen) atoms. The third-order valence-electron chi connectivity index (χ3n) is 4.89. The fourth-order valence-corrected chi connectivity index (χ4v) is 5.94. The van der Waals surface area contributed by atoms with Gasteiger partial charge in [0.05, 0.1) is 27.8 Å². The van der Waals surface area contributed by atoms with Gasteiger partial charge in [-0.2, -0.15) is 62.7 Å². The normalized spacial score (nSPS) is 9.00. The van der Waals surface area contributed by atoms with Crippen molar-refractivity contribution >= 4 is 23.8 Å². The molecule has 4 rings (SSSR count). The van der Waals surface area contributed by atoms with E-state index < -0.39 is 7.92 Å². The second-order valence-electron chi connectivity index (χ2n) is 6.87. The van der Waals surface area contributed by atoms with Gasteiger partial charge in [0, 0.05) is 5.30 Å². The van der Waals surface area contributed by atoms with Crippen LogP contribution in [-0.2, 0) is 0 Å². The van der Waals surface area contributed by atoms with Gasteiger partial charge in [0.2, 0.25) is 0 Å². The number of hydrogen-bond acceptors (Lipinski definition) is 5. The van der Waals surface area contributed by atoms with E-state index in [1.165, 1.54) is 0 Å². The van der Waals surface area contributed by atoms with E-state index in [9.17, 15) is 26.3 Å². The van der Waals surface area contributed by atoms with Gasteiger partial charge in [0.15, 0.2) is 0 Å². The summed E-state index contributed by atoms with van der Waals surface area (Å²) in [6, 6.07) is 40.8. The van der Waals surface area contributed by atoms with Crippen LogP contribution in [-0.4, -0.2) is 0 Å². The van der Waals surface area contributed by atoms with E-state index in [4.69, 9.17) is 0 Å². The molecule has 0 radical (unpaired) electrons. The molecule has 0 atom stereocenters. The summed E-state index contributed by atoms with van der Waals surface area (Å²) in [5.41, 5.74) is -0.625. The molecule has 0 bridgehead atoms. The van der Waals surface area contributed by atoms with Crippen LogP contribution in [0.3, 0.4) is 0 Å². The monoisotopic (exact) mass is 487 g/mol. The van der Waals surface area contributed by atoms with Crippen LogP contribution in [0.4, 0.5) is 0 Å². The molecule has 4 aromatic carbocycles. The summed E-state index contributed by atoms with van der Waals surface area (Å²) >= 11 is 0. The molecule has 0 aromatic heterocycles. The molecule has 0 amide bonds. The summed E-state index contributed by atoms with van der Waals surface area (Å²) in [7, 11) is -1.42. The molecule has 162 valence electrons. The van der Waals surface area contributed by atoms with Crippen molar-refractivity contribution in [2.45, 2.75) is 0 Å². The van der Waals surface area contributed by atoms with Crippen LogP contribution in [0.5, 0.6) is 0 Å².